The molecule has 0 saturated carbocycles. The van der Waals surface area contributed by atoms with Crippen LogP contribution in [0.15, 0.2) is 40.9 Å². The average Bonchev–Trinajstić information content (AvgIpc) is 2.37. The number of anilines is 1. The number of phenolic OH excluding ortho intramolecular Hbond substituents is 1. The lowest BCUT2D eigenvalue weighted by atomic mass is 10.1. The van der Waals surface area contributed by atoms with Gasteiger partial charge in [0.1, 0.15) is 5.75 Å². The third kappa shape index (κ3) is 2.96. The summed E-state index contributed by atoms with van der Waals surface area (Å²) in [6.07, 6.45) is 0. The van der Waals surface area contributed by atoms with Gasteiger partial charge in [0.15, 0.2) is 0 Å². The number of amides is 1. The summed E-state index contributed by atoms with van der Waals surface area (Å²) in [5, 5.41) is 12.5. The van der Waals surface area contributed by atoms with Gasteiger partial charge in [0, 0.05) is 15.6 Å². The number of hydrogen-bond donors (Lipinski definition) is 2. The highest BCUT2D eigenvalue weighted by atomic mass is 79.9. The van der Waals surface area contributed by atoms with Gasteiger partial charge in [-0.2, -0.15) is 0 Å². The van der Waals surface area contributed by atoms with E-state index in [1.807, 2.05) is 25.1 Å². The van der Waals surface area contributed by atoms with E-state index in [4.69, 9.17) is 0 Å². The first-order valence-electron chi connectivity index (χ1n) is 5.85. The highest BCUT2D eigenvalue weighted by Crippen LogP contribution is 2.25. The molecule has 2 aromatic carbocycles. The minimum Gasteiger partial charge on any atom is -0.508 e. The van der Waals surface area contributed by atoms with E-state index in [1.54, 1.807) is 25.1 Å². The first-order chi connectivity index (χ1) is 8.99. The van der Waals surface area contributed by atoms with E-state index < -0.39 is 0 Å². The second kappa shape index (κ2) is 5.45. The number of carbonyl (C=O) groups is 1. The topological polar surface area (TPSA) is 49.3 Å². The van der Waals surface area contributed by atoms with E-state index in [2.05, 4.69) is 21.2 Å². The molecule has 0 fully saturated rings. The van der Waals surface area contributed by atoms with Gasteiger partial charge in [-0.15, -0.1) is 0 Å². The Labute approximate surface area is 120 Å². The van der Waals surface area contributed by atoms with Crippen molar-refractivity contribution in [2.75, 3.05) is 5.32 Å². The molecule has 1 amide bonds. The highest BCUT2D eigenvalue weighted by molar-refractivity contribution is 9.10. The molecule has 0 bridgehead atoms. The van der Waals surface area contributed by atoms with Crippen molar-refractivity contribution in [3.8, 4) is 5.75 Å². The van der Waals surface area contributed by atoms with Crippen LogP contribution in [0.2, 0.25) is 0 Å². The summed E-state index contributed by atoms with van der Waals surface area (Å²) >= 11 is 3.40. The molecule has 0 atom stereocenters. The SMILES string of the molecule is Cc1ccc(Br)c(NC(=O)c2cccc(O)c2C)c1. The lowest BCUT2D eigenvalue weighted by Gasteiger charge is -2.10. The third-order valence-electron chi connectivity index (χ3n) is 2.92. The Balaban J connectivity index is 2.31. The van der Waals surface area contributed by atoms with Crippen LogP contribution in [0.1, 0.15) is 21.5 Å². The number of phenols is 1. The number of aromatic hydroxyl groups is 1. The van der Waals surface area contributed by atoms with E-state index in [0.29, 0.717) is 16.8 Å². The number of hydrogen-bond acceptors (Lipinski definition) is 2. The molecule has 4 heteroatoms. The van der Waals surface area contributed by atoms with E-state index >= 15 is 0 Å². The predicted octanol–water partition coefficient (Wildman–Crippen LogP) is 4.02. The van der Waals surface area contributed by atoms with Crippen molar-refractivity contribution in [1.82, 2.24) is 0 Å². The summed E-state index contributed by atoms with van der Waals surface area (Å²) in [7, 11) is 0. The van der Waals surface area contributed by atoms with Crippen molar-refractivity contribution in [2.24, 2.45) is 0 Å². The Morgan fingerprint density at radius 3 is 2.68 bits per heavy atom. The van der Waals surface area contributed by atoms with Crippen LogP contribution in [0.25, 0.3) is 0 Å². The normalized spacial score (nSPS) is 10.3. The molecule has 98 valence electrons. The summed E-state index contributed by atoms with van der Waals surface area (Å²) in [5.41, 5.74) is 2.82. The largest absolute Gasteiger partial charge is 0.508 e. The fourth-order valence-electron chi connectivity index (χ4n) is 1.79. The molecule has 3 nitrogen and oxygen atoms in total. The average molecular weight is 320 g/mol. The van der Waals surface area contributed by atoms with E-state index in [0.717, 1.165) is 10.0 Å². The number of aryl methyl sites for hydroxylation is 1. The Bertz CT molecular complexity index is 638. The first-order valence-corrected chi connectivity index (χ1v) is 6.64. The number of carbonyl (C=O) groups excluding carboxylic acids is 1. The summed E-state index contributed by atoms with van der Waals surface area (Å²) < 4.78 is 0.823. The van der Waals surface area contributed by atoms with Crippen LogP contribution in [-0.2, 0) is 0 Å². The van der Waals surface area contributed by atoms with Crippen LogP contribution >= 0.6 is 15.9 Å². The number of rotatable bonds is 2. The lowest BCUT2D eigenvalue weighted by molar-refractivity contribution is 0.102. The third-order valence-corrected chi connectivity index (χ3v) is 3.61. The number of nitrogens with one attached hydrogen (secondary N) is 1. The van der Waals surface area contributed by atoms with E-state index in [1.165, 1.54) is 0 Å². The van der Waals surface area contributed by atoms with Crippen molar-refractivity contribution in [2.45, 2.75) is 13.8 Å². The predicted molar refractivity (Wildman–Crippen MR) is 79.7 cm³/mol. The van der Waals surface area contributed by atoms with Crippen molar-refractivity contribution >= 4 is 27.5 Å². The number of benzene rings is 2. The van der Waals surface area contributed by atoms with Gasteiger partial charge in [0.25, 0.3) is 5.91 Å². The van der Waals surface area contributed by atoms with E-state index in [-0.39, 0.29) is 11.7 Å². The lowest BCUT2D eigenvalue weighted by Crippen LogP contribution is -2.13. The molecule has 2 rings (SSSR count). The fraction of sp³-hybridized carbons (Fsp3) is 0.133. The van der Waals surface area contributed by atoms with Crippen molar-refractivity contribution in [1.29, 1.82) is 0 Å². The van der Waals surface area contributed by atoms with Gasteiger partial charge in [0.05, 0.1) is 5.69 Å². The molecule has 0 aliphatic carbocycles. The molecule has 0 aliphatic heterocycles. The zero-order valence-electron chi connectivity index (χ0n) is 10.7. The zero-order valence-corrected chi connectivity index (χ0v) is 12.3. The summed E-state index contributed by atoms with van der Waals surface area (Å²) in [6.45, 7) is 3.68. The molecular weight excluding hydrogens is 306 g/mol. The maximum atomic E-state index is 12.2. The van der Waals surface area contributed by atoms with Crippen LogP contribution in [0.4, 0.5) is 5.69 Å². The summed E-state index contributed by atoms with van der Waals surface area (Å²) in [4.78, 5) is 12.2. The van der Waals surface area contributed by atoms with Gasteiger partial charge in [-0.1, -0.05) is 12.1 Å². The molecule has 2 aromatic rings. The van der Waals surface area contributed by atoms with Crippen molar-refractivity contribution < 1.29 is 9.90 Å². The van der Waals surface area contributed by atoms with Crippen molar-refractivity contribution in [3.63, 3.8) is 0 Å². The molecule has 0 radical (unpaired) electrons. The zero-order chi connectivity index (χ0) is 14.0. The molecule has 0 saturated heterocycles. The standard InChI is InChI=1S/C15H14BrNO2/c1-9-6-7-12(16)13(8-9)17-15(19)11-4-3-5-14(18)10(11)2/h3-8,18H,1-2H3,(H,17,19). The fourth-order valence-corrected chi connectivity index (χ4v) is 2.14. The van der Waals surface area contributed by atoms with Crippen LogP contribution in [0.5, 0.6) is 5.75 Å². The number of halogens is 1. The molecule has 0 heterocycles. The maximum Gasteiger partial charge on any atom is 0.256 e. The minimum absolute atomic E-state index is 0.121. The second-order valence-corrected chi connectivity index (χ2v) is 5.24. The Kier molecular flexibility index (Phi) is 3.90. The Morgan fingerprint density at radius 1 is 1.21 bits per heavy atom. The molecule has 0 aromatic heterocycles. The maximum absolute atomic E-state index is 12.2. The summed E-state index contributed by atoms with van der Waals surface area (Å²) in [6, 6.07) is 10.6. The van der Waals surface area contributed by atoms with Crippen LogP contribution in [0.3, 0.4) is 0 Å². The second-order valence-electron chi connectivity index (χ2n) is 4.39. The van der Waals surface area contributed by atoms with Crippen molar-refractivity contribution in [3.05, 3.63) is 57.6 Å². The molecule has 0 unspecified atom stereocenters. The monoisotopic (exact) mass is 319 g/mol. The first kappa shape index (κ1) is 13.6. The molecule has 0 spiro atoms. The van der Waals surface area contributed by atoms with Gasteiger partial charge >= 0.3 is 0 Å². The van der Waals surface area contributed by atoms with Crippen LogP contribution in [-0.4, -0.2) is 11.0 Å². The van der Waals surface area contributed by atoms with Gasteiger partial charge in [-0.25, -0.2) is 0 Å². The quantitative estimate of drug-likeness (QED) is 0.878. The van der Waals surface area contributed by atoms with Crippen LogP contribution < -0.4 is 5.32 Å². The smallest absolute Gasteiger partial charge is 0.256 e. The highest BCUT2D eigenvalue weighted by Gasteiger charge is 2.12. The van der Waals surface area contributed by atoms with Gasteiger partial charge < -0.3 is 10.4 Å². The minimum atomic E-state index is -0.236. The molecular formula is C15H14BrNO2. The van der Waals surface area contributed by atoms with Gasteiger partial charge in [-0.3, -0.25) is 4.79 Å². The molecule has 19 heavy (non-hydrogen) atoms. The Morgan fingerprint density at radius 2 is 1.95 bits per heavy atom. The van der Waals surface area contributed by atoms with Gasteiger partial charge in [0.2, 0.25) is 0 Å². The molecule has 0 aliphatic rings. The Hall–Kier alpha value is -1.81. The van der Waals surface area contributed by atoms with Crippen LogP contribution in [0, 0.1) is 13.8 Å². The summed E-state index contributed by atoms with van der Waals surface area (Å²) in [5.74, 6) is -0.115. The molecule has 2 N–H and O–H groups in total. The van der Waals surface area contributed by atoms with E-state index in [9.17, 15) is 9.90 Å². The van der Waals surface area contributed by atoms with Gasteiger partial charge in [-0.05, 0) is 59.6 Å².